The Hall–Kier alpha value is -3.65. The number of methoxy groups -OCH3 is 1. The van der Waals surface area contributed by atoms with E-state index in [2.05, 4.69) is 20.4 Å². The first-order valence-corrected chi connectivity index (χ1v) is 8.95. The molecule has 0 aliphatic heterocycles. The summed E-state index contributed by atoms with van der Waals surface area (Å²) in [7, 11) is 1.52. The molecule has 0 aliphatic rings. The predicted molar refractivity (Wildman–Crippen MR) is 107 cm³/mol. The number of nitrogens with zero attached hydrogens (tertiary/aromatic N) is 3. The van der Waals surface area contributed by atoms with Crippen molar-refractivity contribution in [1.29, 1.82) is 0 Å². The van der Waals surface area contributed by atoms with Crippen molar-refractivity contribution < 1.29 is 18.8 Å². The van der Waals surface area contributed by atoms with E-state index in [4.69, 9.17) is 25.6 Å². The van der Waals surface area contributed by atoms with Gasteiger partial charge in [-0.15, -0.1) is 0 Å². The lowest BCUT2D eigenvalue weighted by Crippen LogP contribution is -2.20. The van der Waals surface area contributed by atoms with Crippen molar-refractivity contribution >= 4 is 34.3 Å². The maximum atomic E-state index is 12.3. The average Bonchev–Trinajstić information content (AvgIpc) is 3.18. The molecule has 29 heavy (non-hydrogen) atoms. The molecule has 4 rings (SSSR count). The second-order valence-corrected chi connectivity index (χ2v) is 6.35. The summed E-state index contributed by atoms with van der Waals surface area (Å²) in [5, 5.41) is 7.66. The lowest BCUT2D eigenvalue weighted by Gasteiger charge is -2.09. The molecule has 4 aromatic rings. The van der Waals surface area contributed by atoms with E-state index < -0.39 is 0 Å². The number of halogens is 1. The van der Waals surface area contributed by atoms with Crippen molar-refractivity contribution in [3.63, 3.8) is 0 Å². The number of ether oxygens (including phenoxy) is 2. The van der Waals surface area contributed by atoms with E-state index in [-0.39, 0.29) is 24.1 Å². The molecule has 0 saturated heterocycles. The van der Waals surface area contributed by atoms with Crippen LogP contribution < -0.4 is 14.8 Å². The molecule has 0 unspecified atom stereocenters. The van der Waals surface area contributed by atoms with Crippen molar-refractivity contribution in [1.82, 2.24) is 15.1 Å². The summed E-state index contributed by atoms with van der Waals surface area (Å²) in [5.41, 5.74) is 2.16. The van der Waals surface area contributed by atoms with Crippen molar-refractivity contribution in [2.45, 2.75) is 0 Å². The van der Waals surface area contributed by atoms with Gasteiger partial charge in [0.05, 0.1) is 12.1 Å². The van der Waals surface area contributed by atoms with Crippen LogP contribution in [0.25, 0.3) is 22.4 Å². The fourth-order valence-electron chi connectivity index (χ4n) is 2.74. The Morgan fingerprint density at radius 3 is 2.76 bits per heavy atom. The van der Waals surface area contributed by atoms with E-state index in [1.165, 1.54) is 13.4 Å². The molecule has 2 aromatic heterocycles. The van der Waals surface area contributed by atoms with Gasteiger partial charge in [-0.05, 0) is 18.2 Å². The van der Waals surface area contributed by atoms with Crippen LogP contribution in [0.5, 0.6) is 11.6 Å². The van der Waals surface area contributed by atoms with Gasteiger partial charge >= 0.3 is 0 Å². The number of nitrogens with one attached hydrogen (secondary N) is 1. The van der Waals surface area contributed by atoms with Gasteiger partial charge in [0.2, 0.25) is 5.88 Å². The maximum Gasteiger partial charge on any atom is 0.265 e. The molecule has 0 bridgehead atoms. The molecule has 1 amide bonds. The summed E-state index contributed by atoms with van der Waals surface area (Å²) >= 11 is 6.07. The minimum Gasteiger partial charge on any atom is -0.495 e. The third-order valence-electron chi connectivity index (χ3n) is 4.06. The monoisotopic (exact) mass is 410 g/mol. The second kappa shape index (κ2) is 8.15. The number of carbonyl (C=O) groups is 1. The fraction of sp³-hybridized carbons (Fsp3) is 0.100. The van der Waals surface area contributed by atoms with Crippen LogP contribution >= 0.6 is 11.6 Å². The second-order valence-electron chi connectivity index (χ2n) is 5.94. The van der Waals surface area contributed by atoms with Gasteiger partial charge in [0.15, 0.2) is 6.61 Å². The molecule has 146 valence electrons. The zero-order valence-electron chi connectivity index (χ0n) is 15.3. The van der Waals surface area contributed by atoms with Crippen molar-refractivity contribution in [3.05, 3.63) is 59.9 Å². The highest BCUT2D eigenvalue weighted by molar-refractivity contribution is 6.32. The van der Waals surface area contributed by atoms with Crippen LogP contribution in [0.2, 0.25) is 5.02 Å². The molecule has 0 spiro atoms. The van der Waals surface area contributed by atoms with Crippen LogP contribution in [0.1, 0.15) is 0 Å². The average molecular weight is 411 g/mol. The summed E-state index contributed by atoms with van der Waals surface area (Å²) < 4.78 is 16.0. The maximum absolute atomic E-state index is 12.3. The number of aromatic nitrogens is 3. The van der Waals surface area contributed by atoms with Gasteiger partial charge in [0.25, 0.3) is 11.6 Å². The van der Waals surface area contributed by atoms with Gasteiger partial charge < -0.3 is 19.3 Å². The quantitative estimate of drug-likeness (QED) is 0.513. The first-order valence-electron chi connectivity index (χ1n) is 8.57. The molecular weight excluding hydrogens is 396 g/mol. The van der Waals surface area contributed by atoms with Crippen molar-refractivity contribution in [2.75, 3.05) is 19.0 Å². The zero-order valence-corrected chi connectivity index (χ0v) is 16.0. The van der Waals surface area contributed by atoms with Crippen molar-refractivity contribution in [3.8, 4) is 22.9 Å². The highest BCUT2D eigenvalue weighted by Gasteiger charge is 2.18. The van der Waals surface area contributed by atoms with Gasteiger partial charge in [-0.3, -0.25) is 4.79 Å². The highest BCUT2D eigenvalue weighted by Crippen LogP contribution is 2.32. The molecule has 0 aliphatic carbocycles. The minimum atomic E-state index is -0.379. The standard InChI is InChI=1S/C20H15ClN4O4/c1-27-15-8-7-13(9-14(15)21)24-16(26)10-28-19-17-18(12-5-3-2-4-6-12)25-29-20(17)23-11-22-19/h2-9,11H,10H2,1H3,(H,24,26). The number of hydrogen-bond acceptors (Lipinski definition) is 7. The lowest BCUT2D eigenvalue weighted by atomic mass is 10.1. The SMILES string of the molecule is COc1ccc(NC(=O)COc2ncnc3onc(-c4ccccc4)c23)cc1Cl. The van der Waals surface area contributed by atoms with Gasteiger partial charge in [0, 0.05) is 11.3 Å². The fourth-order valence-corrected chi connectivity index (χ4v) is 3.00. The Bertz CT molecular complexity index is 1160. The van der Waals surface area contributed by atoms with Crippen LogP contribution in [0, 0.1) is 0 Å². The van der Waals surface area contributed by atoms with Gasteiger partial charge in [-0.1, -0.05) is 47.1 Å². The van der Waals surface area contributed by atoms with E-state index in [1.54, 1.807) is 18.2 Å². The number of benzene rings is 2. The molecule has 0 radical (unpaired) electrons. The smallest absolute Gasteiger partial charge is 0.265 e. The van der Waals surface area contributed by atoms with Crippen LogP contribution in [0.15, 0.2) is 59.4 Å². The first-order chi connectivity index (χ1) is 14.2. The summed E-state index contributed by atoms with van der Waals surface area (Å²) in [6.07, 6.45) is 1.29. The van der Waals surface area contributed by atoms with E-state index >= 15 is 0 Å². The van der Waals surface area contributed by atoms with E-state index in [1.807, 2.05) is 30.3 Å². The van der Waals surface area contributed by atoms with Crippen LogP contribution in [0.4, 0.5) is 5.69 Å². The molecule has 0 fully saturated rings. The Morgan fingerprint density at radius 1 is 1.17 bits per heavy atom. The van der Waals surface area contributed by atoms with Gasteiger partial charge in [0.1, 0.15) is 23.2 Å². The van der Waals surface area contributed by atoms with E-state index in [9.17, 15) is 4.79 Å². The Labute approximate surface area is 170 Å². The predicted octanol–water partition coefficient (Wildman–Crippen LogP) is 3.96. The number of fused-ring (bicyclic) bond motifs is 1. The van der Waals surface area contributed by atoms with E-state index in [0.717, 1.165) is 5.56 Å². The van der Waals surface area contributed by atoms with E-state index in [0.29, 0.717) is 27.5 Å². The zero-order chi connectivity index (χ0) is 20.2. The minimum absolute atomic E-state index is 0.206. The number of hydrogen-bond donors (Lipinski definition) is 1. The molecule has 9 heteroatoms. The highest BCUT2D eigenvalue weighted by atomic mass is 35.5. The molecule has 0 atom stereocenters. The molecule has 2 heterocycles. The van der Waals surface area contributed by atoms with Crippen LogP contribution in [0.3, 0.4) is 0 Å². The topological polar surface area (TPSA) is 99.4 Å². The molecule has 0 saturated carbocycles. The largest absolute Gasteiger partial charge is 0.495 e. The normalized spacial score (nSPS) is 10.7. The summed E-state index contributed by atoms with van der Waals surface area (Å²) in [4.78, 5) is 20.5. The summed E-state index contributed by atoms with van der Waals surface area (Å²) in [5.74, 6) is 0.346. The van der Waals surface area contributed by atoms with Gasteiger partial charge in [-0.2, -0.15) is 4.98 Å². The summed E-state index contributed by atoms with van der Waals surface area (Å²) in [6.45, 7) is -0.269. The molecule has 1 N–H and O–H groups in total. The van der Waals surface area contributed by atoms with Crippen LogP contribution in [-0.4, -0.2) is 34.7 Å². The number of amides is 1. The molecule has 2 aromatic carbocycles. The van der Waals surface area contributed by atoms with Crippen molar-refractivity contribution in [2.24, 2.45) is 0 Å². The summed E-state index contributed by atoms with van der Waals surface area (Å²) in [6, 6.07) is 14.4. The third kappa shape index (κ3) is 3.97. The Morgan fingerprint density at radius 2 is 2.00 bits per heavy atom. The number of anilines is 1. The lowest BCUT2D eigenvalue weighted by molar-refractivity contribution is -0.118. The Balaban J connectivity index is 1.52. The molecular formula is C20H15ClN4O4. The van der Waals surface area contributed by atoms with Crippen LogP contribution in [-0.2, 0) is 4.79 Å². The first kappa shape index (κ1) is 18.7. The number of rotatable bonds is 6. The number of carbonyl (C=O) groups excluding carboxylic acids is 1. The van der Waals surface area contributed by atoms with Gasteiger partial charge in [-0.25, -0.2) is 4.98 Å². The third-order valence-corrected chi connectivity index (χ3v) is 4.36. The Kier molecular flexibility index (Phi) is 5.26. The molecule has 8 nitrogen and oxygen atoms in total.